The molecule has 138 heavy (non-hydrogen) atoms. The number of thiophene rings is 1. The number of para-hydroxylation sites is 4. The fraction of sp³-hybridized carbons (Fsp3) is 0. The van der Waals surface area contributed by atoms with Crippen molar-refractivity contribution in [2.75, 3.05) is 0 Å². The Morgan fingerprint density at radius 1 is 0.196 bits per heavy atom. The minimum atomic E-state index is 0.557. The van der Waals surface area contributed by atoms with Crippen molar-refractivity contribution < 1.29 is 17.7 Å². The Bertz CT molecular complexity index is 9870. The first-order valence-electron chi connectivity index (χ1n) is 46.3. The van der Waals surface area contributed by atoms with Gasteiger partial charge in [-0.15, -0.1) is 11.3 Å². The second-order valence-electron chi connectivity index (χ2n) is 35.4. The first-order valence-corrected chi connectivity index (χ1v) is 47.1. The van der Waals surface area contributed by atoms with Crippen LogP contribution in [0.5, 0.6) is 0 Å². The highest BCUT2D eigenvalue weighted by Gasteiger charge is 2.23. The number of fused-ring (bicyclic) bond motifs is 27. The fourth-order valence-corrected chi connectivity index (χ4v) is 22.0. The van der Waals surface area contributed by atoms with E-state index in [2.05, 4.69) is 405 Å². The van der Waals surface area contributed by atoms with Gasteiger partial charge in [0.2, 0.25) is 17.1 Å². The summed E-state index contributed by atoms with van der Waals surface area (Å²) in [5.74, 6) is 0. The normalized spacial score (nSPS) is 11.9. The average Bonchev–Trinajstić information content (AvgIpc) is 1.59. The van der Waals surface area contributed by atoms with Crippen LogP contribution in [0.25, 0.3) is 291 Å². The van der Waals surface area contributed by atoms with E-state index in [1.165, 1.54) is 64.2 Å². The summed E-state index contributed by atoms with van der Waals surface area (Å²) < 4.78 is 30.0. The highest BCUT2D eigenvalue weighted by atomic mass is 32.1. The van der Waals surface area contributed by atoms with Gasteiger partial charge in [0.15, 0.2) is 0 Å². The molecule has 0 spiro atoms. The molecule has 0 N–H and O–H groups in total. The van der Waals surface area contributed by atoms with Gasteiger partial charge in [0.25, 0.3) is 0 Å². The lowest BCUT2D eigenvalue weighted by molar-refractivity contribution is 0.655. The first-order chi connectivity index (χ1) is 68.3. The Morgan fingerprint density at radius 3 is 0.986 bits per heavy atom. The minimum Gasteiger partial charge on any atom is -0.455 e. The van der Waals surface area contributed by atoms with Gasteiger partial charge in [0.05, 0.1) is 60.3 Å². The van der Waals surface area contributed by atoms with Crippen LogP contribution in [0.2, 0.25) is 0 Å². The van der Waals surface area contributed by atoms with Crippen molar-refractivity contribution in [2.24, 2.45) is 0 Å². The van der Waals surface area contributed by atoms with Crippen molar-refractivity contribution in [3.8, 4) is 94.7 Å². The average molecular weight is 1780 g/mol. The molecule has 0 saturated carbocycles. The Morgan fingerprint density at radius 2 is 0.529 bits per heavy atom. The maximum absolute atomic E-state index is 6.34. The zero-order valence-corrected chi connectivity index (χ0v) is 74.6. The van der Waals surface area contributed by atoms with Gasteiger partial charge in [-0.2, -0.15) is 0 Å². The van der Waals surface area contributed by atoms with Crippen LogP contribution in [0, 0.1) is 0 Å². The van der Waals surface area contributed by atoms with E-state index >= 15 is 0 Å². The van der Waals surface area contributed by atoms with Crippen LogP contribution in [0.15, 0.2) is 461 Å². The van der Waals surface area contributed by atoms with E-state index in [0.29, 0.717) is 17.1 Å². The molecule has 12 heteroatoms. The molecule has 21 aromatic carbocycles. The standard InChI is InChI=1S/C42H25N3O.C42H24N2O2.C42H24N2OS/c1-2-14-32-26(9-1)20-22-39-40(32)41-42(46-39)44-36-25-30(19-21-35(36)43-41)28-11-7-10-27(23-28)29-12-8-13-31(24-29)45-37-17-5-3-15-33(37)34-16-4-6-18-38(34)45;1-2-13-31-25(8-1)19-21-38-39(31)40-42(46-38)44-36-24-29(18-20-35(36)43-40)27-10-5-9-26(22-27)28-11-6-12-30(23-28)32-15-7-16-34-33-14-3-4-17-37(33)45-41(32)34;1-2-13-31-25(8-1)19-21-37-39(31)40-42(45-37)44-36-24-29(18-20-35(36)43-40)27-10-5-9-26(22-27)28-11-6-12-30(23-28)32-15-7-16-34-33-14-3-4-17-38(33)46-41(32)34/h1-25H;2*1-24H. The van der Waals surface area contributed by atoms with Crippen molar-refractivity contribution in [3.63, 3.8) is 0 Å². The summed E-state index contributed by atoms with van der Waals surface area (Å²) in [5, 5.41) is 17.3. The molecule has 9 aromatic heterocycles. The Hall–Kier alpha value is -18.4. The monoisotopic (exact) mass is 1780 g/mol. The molecule has 0 fully saturated rings. The zero-order chi connectivity index (χ0) is 90.6. The van der Waals surface area contributed by atoms with Crippen LogP contribution in [0.1, 0.15) is 0 Å². The van der Waals surface area contributed by atoms with Crippen LogP contribution in [0.4, 0.5) is 0 Å². The van der Waals surface area contributed by atoms with E-state index in [-0.39, 0.29) is 0 Å². The van der Waals surface area contributed by atoms with Crippen molar-refractivity contribution in [3.05, 3.63) is 443 Å². The van der Waals surface area contributed by atoms with Gasteiger partial charge in [-0.1, -0.05) is 322 Å². The summed E-state index contributed by atoms with van der Waals surface area (Å²) in [7, 11) is 0. The van der Waals surface area contributed by atoms with Crippen molar-refractivity contribution in [2.45, 2.75) is 0 Å². The quantitative estimate of drug-likeness (QED) is 0.137. The van der Waals surface area contributed by atoms with Gasteiger partial charge < -0.3 is 22.2 Å². The van der Waals surface area contributed by atoms with Crippen LogP contribution < -0.4 is 0 Å². The molecule has 30 aromatic rings. The van der Waals surface area contributed by atoms with E-state index in [9.17, 15) is 0 Å². The molecule has 0 radical (unpaired) electrons. The Kier molecular flexibility index (Phi) is 18.0. The van der Waals surface area contributed by atoms with E-state index in [4.69, 9.17) is 47.6 Å². The summed E-state index contributed by atoms with van der Waals surface area (Å²) in [4.78, 5) is 29.9. The van der Waals surface area contributed by atoms with Gasteiger partial charge in [-0.05, 0) is 237 Å². The smallest absolute Gasteiger partial charge is 0.246 e. The molecule has 9 heterocycles. The third-order valence-corrected chi connectivity index (χ3v) is 28.5. The summed E-state index contributed by atoms with van der Waals surface area (Å²) >= 11 is 1.87. The topological polar surface area (TPSA) is 135 Å². The molecule has 0 atom stereocenters. The summed E-state index contributed by atoms with van der Waals surface area (Å²) in [5.41, 5.74) is 35.2. The van der Waals surface area contributed by atoms with Gasteiger partial charge in [-0.3, -0.25) is 0 Å². The Labute approximate surface area is 791 Å². The van der Waals surface area contributed by atoms with Gasteiger partial charge in [0.1, 0.15) is 44.5 Å². The molecule has 0 unspecified atom stereocenters. The van der Waals surface area contributed by atoms with Gasteiger partial charge in [-0.25, -0.2) is 29.9 Å². The number of rotatable bonds is 9. The number of benzene rings is 21. The highest BCUT2D eigenvalue weighted by Crippen LogP contribution is 2.46. The van der Waals surface area contributed by atoms with Crippen LogP contribution >= 0.6 is 11.3 Å². The predicted molar refractivity (Wildman–Crippen MR) is 571 cm³/mol. The summed E-state index contributed by atoms with van der Waals surface area (Å²) in [6.45, 7) is 0. The van der Waals surface area contributed by atoms with Gasteiger partial charge >= 0.3 is 0 Å². The first kappa shape index (κ1) is 78.3. The number of nitrogens with zero attached hydrogens (tertiary/aromatic N) is 7. The van der Waals surface area contributed by atoms with Gasteiger partial charge in [0, 0.05) is 53.0 Å². The molecule has 0 bridgehead atoms. The third kappa shape index (κ3) is 13.2. The number of furan rings is 4. The molecule has 30 rings (SSSR count). The highest BCUT2D eigenvalue weighted by molar-refractivity contribution is 7.26. The molecule has 0 amide bonds. The third-order valence-electron chi connectivity index (χ3n) is 27.3. The Balaban J connectivity index is 0.000000102. The lowest BCUT2D eigenvalue weighted by atomic mass is 9.95. The molecule has 0 aliphatic carbocycles. The van der Waals surface area contributed by atoms with E-state index in [0.717, 1.165) is 209 Å². The van der Waals surface area contributed by atoms with Crippen molar-refractivity contribution in [1.29, 1.82) is 0 Å². The number of hydrogen-bond donors (Lipinski definition) is 0. The largest absolute Gasteiger partial charge is 0.455 e. The maximum Gasteiger partial charge on any atom is 0.246 e. The van der Waals surface area contributed by atoms with E-state index in [1.54, 1.807) is 0 Å². The molecule has 0 aliphatic rings. The lowest BCUT2D eigenvalue weighted by Gasteiger charge is -2.11. The molecule has 642 valence electrons. The second-order valence-corrected chi connectivity index (χ2v) is 36.5. The van der Waals surface area contributed by atoms with E-state index < -0.39 is 0 Å². The number of aromatic nitrogens is 7. The molecule has 11 nitrogen and oxygen atoms in total. The number of hydrogen-bond acceptors (Lipinski definition) is 11. The minimum absolute atomic E-state index is 0.557. The fourth-order valence-electron chi connectivity index (χ4n) is 20.8. The van der Waals surface area contributed by atoms with E-state index in [1.807, 2.05) is 53.8 Å². The summed E-state index contributed by atoms with van der Waals surface area (Å²) in [6.07, 6.45) is 0. The molecule has 0 saturated heterocycles. The molecular formula is C126H73N7O4S. The SMILES string of the molecule is c1cc(-c2cccc(-c3cccc4c3oc3ccccc34)c2)cc(-c2ccc3nc4c(nc3c2)oc2ccc3ccccc3c24)c1.c1cc(-c2cccc(-c3cccc4c3sc3ccccc34)c2)cc(-c2ccc3nc4c(nc3c2)oc2ccc3ccccc3c24)c1.c1cc(-c2cccc(-n3c4ccccc4c4ccccc43)c2)cc(-c2ccc3nc4c(nc3c2)oc2ccc3ccccc3c24)c1. The van der Waals surface area contributed by atoms with Crippen LogP contribution in [-0.2, 0) is 0 Å². The van der Waals surface area contributed by atoms with Crippen molar-refractivity contribution in [1.82, 2.24) is 34.5 Å². The molecule has 0 aliphatic heterocycles. The van der Waals surface area contributed by atoms with Crippen LogP contribution in [0.3, 0.4) is 0 Å². The van der Waals surface area contributed by atoms with Crippen molar-refractivity contribution >= 4 is 207 Å². The predicted octanol–water partition coefficient (Wildman–Crippen LogP) is 34.7. The second kappa shape index (κ2) is 31.7. The maximum atomic E-state index is 6.34. The molecular weight excluding hydrogens is 1710 g/mol. The summed E-state index contributed by atoms with van der Waals surface area (Å²) in [6, 6.07) is 156. The lowest BCUT2D eigenvalue weighted by Crippen LogP contribution is -1.94. The van der Waals surface area contributed by atoms with Crippen LogP contribution in [-0.4, -0.2) is 34.5 Å². The zero-order valence-electron chi connectivity index (χ0n) is 73.8.